The molecule has 7 nitrogen and oxygen atoms in total. The average molecular weight is 457 g/mol. The van der Waals surface area contributed by atoms with Gasteiger partial charge in [-0.15, -0.1) is 11.3 Å². The number of aryl methyl sites for hydroxylation is 1. The van der Waals surface area contributed by atoms with Gasteiger partial charge in [0.05, 0.1) is 23.8 Å². The van der Waals surface area contributed by atoms with Crippen molar-refractivity contribution in [2.24, 2.45) is 0 Å². The summed E-state index contributed by atoms with van der Waals surface area (Å²) < 4.78 is 6.57. The number of aromatic nitrogens is 3. The Morgan fingerprint density at radius 3 is 2.73 bits per heavy atom. The molecule has 0 spiro atoms. The summed E-state index contributed by atoms with van der Waals surface area (Å²) in [5.41, 5.74) is 3.56. The lowest BCUT2D eigenvalue weighted by molar-refractivity contribution is 0.0782. The van der Waals surface area contributed by atoms with E-state index in [1.807, 2.05) is 48.7 Å². The highest BCUT2D eigenvalue weighted by Gasteiger charge is 2.20. The molecule has 33 heavy (non-hydrogen) atoms. The maximum Gasteiger partial charge on any atom is 0.268 e. The number of benzene rings is 2. The van der Waals surface area contributed by atoms with Crippen LogP contribution in [0.15, 0.2) is 75.4 Å². The lowest BCUT2D eigenvalue weighted by Crippen LogP contribution is -2.28. The zero-order valence-electron chi connectivity index (χ0n) is 18.0. The van der Waals surface area contributed by atoms with Gasteiger partial charge in [-0.1, -0.05) is 42.0 Å². The zero-order valence-corrected chi connectivity index (χ0v) is 18.8. The van der Waals surface area contributed by atoms with Crippen molar-refractivity contribution in [3.8, 4) is 22.8 Å². The Hall–Kier alpha value is -4.04. The lowest BCUT2D eigenvalue weighted by Gasteiger charge is -2.18. The number of rotatable bonds is 5. The number of hydrogen-bond acceptors (Lipinski definition) is 6. The van der Waals surface area contributed by atoms with Crippen molar-refractivity contribution in [3.63, 3.8) is 0 Å². The third-order valence-electron chi connectivity index (χ3n) is 5.33. The first kappa shape index (κ1) is 20.8. The highest BCUT2D eigenvalue weighted by atomic mass is 32.1. The van der Waals surface area contributed by atoms with Gasteiger partial charge in [0, 0.05) is 18.2 Å². The van der Waals surface area contributed by atoms with Crippen LogP contribution in [0.25, 0.3) is 33.0 Å². The Morgan fingerprint density at radius 1 is 1.12 bits per heavy atom. The van der Waals surface area contributed by atoms with E-state index in [9.17, 15) is 9.59 Å². The molecule has 5 rings (SSSR count). The number of fused-ring (bicyclic) bond motifs is 1. The summed E-state index contributed by atoms with van der Waals surface area (Å²) in [6, 6.07) is 16.9. The summed E-state index contributed by atoms with van der Waals surface area (Å²) in [5.74, 6) is 1.20. The maximum absolute atomic E-state index is 13.3. The number of nitrogens with zero attached hydrogens (tertiary/aromatic N) is 3. The lowest BCUT2D eigenvalue weighted by atomic mass is 10.1. The summed E-state index contributed by atoms with van der Waals surface area (Å²) in [7, 11) is 1.67. The predicted octanol–water partition coefficient (Wildman–Crippen LogP) is 4.89. The van der Waals surface area contributed by atoms with E-state index in [-0.39, 0.29) is 18.0 Å². The van der Waals surface area contributed by atoms with Gasteiger partial charge in [-0.05, 0) is 30.5 Å². The number of amides is 1. The van der Waals surface area contributed by atoms with Crippen molar-refractivity contribution < 1.29 is 9.21 Å². The summed E-state index contributed by atoms with van der Waals surface area (Å²) >= 11 is 1.34. The van der Waals surface area contributed by atoms with Crippen molar-refractivity contribution >= 4 is 27.5 Å². The topological polar surface area (TPSA) is 92.1 Å². The molecule has 3 heterocycles. The second-order valence-corrected chi connectivity index (χ2v) is 8.67. The Morgan fingerprint density at radius 2 is 1.91 bits per heavy atom. The molecule has 0 radical (unpaired) electrons. The van der Waals surface area contributed by atoms with Crippen molar-refractivity contribution in [2.75, 3.05) is 7.05 Å². The third-order valence-corrected chi connectivity index (χ3v) is 6.23. The van der Waals surface area contributed by atoms with Crippen molar-refractivity contribution in [1.29, 1.82) is 0 Å². The average Bonchev–Trinajstić information content (AvgIpc) is 3.49. The van der Waals surface area contributed by atoms with Crippen LogP contribution in [0, 0.1) is 6.92 Å². The zero-order chi connectivity index (χ0) is 22.9. The van der Waals surface area contributed by atoms with Crippen LogP contribution >= 0.6 is 11.3 Å². The van der Waals surface area contributed by atoms with Gasteiger partial charge in [-0.25, -0.2) is 9.97 Å². The summed E-state index contributed by atoms with van der Waals surface area (Å²) in [5, 5.41) is 1.82. The van der Waals surface area contributed by atoms with Gasteiger partial charge in [0.1, 0.15) is 10.5 Å². The first-order chi connectivity index (χ1) is 16.0. The van der Waals surface area contributed by atoms with Crippen molar-refractivity contribution in [1.82, 2.24) is 19.9 Å². The number of carbonyl (C=O) groups excluding carboxylic acids is 1. The largest absolute Gasteiger partial charge is 0.436 e. The second kappa shape index (κ2) is 8.48. The molecule has 0 atom stereocenters. The van der Waals surface area contributed by atoms with E-state index >= 15 is 0 Å². The van der Waals surface area contributed by atoms with Crippen LogP contribution in [0.3, 0.4) is 0 Å². The fourth-order valence-corrected chi connectivity index (χ4v) is 4.33. The highest BCUT2D eigenvalue weighted by Crippen LogP contribution is 2.29. The molecule has 3 aromatic heterocycles. The van der Waals surface area contributed by atoms with E-state index in [4.69, 9.17) is 4.42 Å². The molecule has 1 amide bonds. The molecule has 8 heteroatoms. The van der Waals surface area contributed by atoms with Gasteiger partial charge in [0.25, 0.3) is 11.5 Å². The Balaban J connectivity index is 1.42. The number of H-pyrrole nitrogens is 1. The van der Waals surface area contributed by atoms with Crippen LogP contribution in [0.4, 0.5) is 0 Å². The van der Waals surface area contributed by atoms with Crippen molar-refractivity contribution in [2.45, 2.75) is 13.5 Å². The number of aromatic amines is 1. The van der Waals surface area contributed by atoms with Crippen LogP contribution in [0.2, 0.25) is 0 Å². The SMILES string of the molecule is Cc1ccc(-c2cnc(-c3ccccc3C(=O)N(C)Cc3nc4ccsc4c(=O)[nH]3)o2)cc1. The summed E-state index contributed by atoms with van der Waals surface area (Å²) in [6.07, 6.45) is 1.66. The maximum atomic E-state index is 13.3. The minimum absolute atomic E-state index is 0.161. The predicted molar refractivity (Wildman–Crippen MR) is 128 cm³/mol. The molecular formula is C25H20N4O3S. The molecule has 0 unspecified atom stereocenters. The number of nitrogens with one attached hydrogen (secondary N) is 1. The van der Waals surface area contributed by atoms with E-state index in [0.717, 1.165) is 11.1 Å². The fraction of sp³-hybridized carbons (Fsp3) is 0.120. The molecule has 1 N–H and O–H groups in total. The molecule has 0 aliphatic heterocycles. The molecule has 164 valence electrons. The standard InChI is InChI=1S/C25H20N4O3S/c1-15-7-9-16(10-8-15)20-13-26-24(32-20)17-5-3-4-6-18(17)25(31)29(2)14-21-27-19-11-12-33-22(19)23(30)28-21/h3-13H,14H2,1-2H3,(H,27,28,30). The molecule has 0 aliphatic carbocycles. The molecule has 2 aromatic carbocycles. The van der Waals surface area contributed by atoms with Crippen LogP contribution < -0.4 is 5.56 Å². The van der Waals surface area contributed by atoms with E-state index in [1.165, 1.54) is 16.2 Å². The van der Waals surface area contributed by atoms with E-state index in [2.05, 4.69) is 15.0 Å². The van der Waals surface area contributed by atoms with E-state index in [1.54, 1.807) is 31.4 Å². The monoisotopic (exact) mass is 456 g/mol. The highest BCUT2D eigenvalue weighted by molar-refractivity contribution is 7.17. The van der Waals surface area contributed by atoms with Crippen LogP contribution in [0.1, 0.15) is 21.7 Å². The van der Waals surface area contributed by atoms with E-state index < -0.39 is 0 Å². The number of thiophene rings is 1. The Bertz CT molecular complexity index is 1510. The minimum Gasteiger partial charge on any atom is -0.436 e. The van der Waals surface area contributed by atoms with Crippen LogP contribution in [-0.4, -0.2) is 32.8 Å². The summed E-state index contributed by atoms with van der Waals surface area (Å²) in [6.45, 7) is 2.19. The number of hydrogen-bond donors (Lipinski definition) is 1. The normalized spacial score (nSPS) is 11.1. The van der Waals surface area contributed by atoms with E-state index in [0.29, 0.717) is 38.8 Å². The summed E-state index contributed by atoms with van der Waals surface area (Å²) in [4.78, 5) is 38.7. The Labute approximate surface area is 193 Å². The van der Waals surface area contributed by atoms with Crippen molar-refractivity contribution in [3.05, 3.63) is 93.5 Å². The first-order valence-electron chi connectivity index (χ1n) is 10.3. The minimum atomic E-state index is -0.228. The molecule has 0 aliphatic rings. The van der Waals surface area contributed by atoms with Gasteiger partial charge < -0.3 is 14.3 Å². The second-order valence-electron chi connectivity index (χ2n) is 7.75. The van der Waals surface area contributed by atoms with Gasteiger partial charge >= 0.3 is 0 Å². The van der Waals surface area contributed by atoms with Gasteiger partial charge in [0.2, 0.25) is 5.89 Å². The smallest absolute Gasteiger partial charge is 0.268 e. The Kier molecular flexibility index (Phi) is 5.35. The number of oxazole rings is 1. The first-order valence-corrected chi connectivity index (χ1v) is 11.2. The quantitative estimate of drug-likeness (QED) is 0.407. The van der Waals surface area contributed by atoms with Crippen LogP contribution in [-0.2, 0) is 6.54 Å². The molecule has 0 saturated heterocycles. The fourth-order valence-electron chi connectivity index (χ4n) is 3.60. The molecule has 0 saturated carbocycles. The molecule has 0 bridgehead atoms. The molecule has 0 fully saturated rings. The third kappa shape index (κ3) is 4.08. The number of carbonyl (C=O) groups is 1. The van der Waals surface area contributed by atoms with Gasteiger partial charge in [0.15, 0.2) is 5.76 Å². The molecule has 5 aromatic rings. The van der Waals surface area contributed by atoms with Crippen LogP contribution in [0.5, 0.6) is 0 Å². The molecular weight excluding hydrogens is 436 g/mol. The van der Waals surface area contributed by atoms with Gasteiger partial charge in [-0.2, -0.15) is 0 Å². The van der Waals surface area contributed by atoms with Gasteiger partial charge in [-0.3, -0.25) is 9.59 Å².